The quantitative estimate of drug-likeness (QED) is 0.178. The van der Waals surface area contributed by atoms with Gasteiger partial charge in [-0.25, -0.2) is 0 Å². The summed E-state index contributed by atoms with van der Waals surface area (Å²) in [6.07, 6.45) is 0. The molecule has 0 aromatic rings. The zero-order valence-corrected chi connectivity index (χ0v) is 40.2. The Bertz CT molecular complexity index is 1010. The fourth-order valence-electron chi connectivity index (χ4n) is 6.33. The molecule has 0 heterocycles. The monoisotopic (exact) mass is 810 g/mol. The van der Waals surface area contributed by atoms with Crippen LogP contribution in [-0.4, -0.2) is 225 Å². The van der Waals surface area contributed by atoms with Gasteiger partial charge in [-0.3, -0.25) is 0 Å². The summed E-state index contributed by atoms with van der Waals surface area (Å²) < 4.78 is 43.5. The van der Waals surface area contributed by atoms with Crippen LogP contribution in [-0.2, 0) is 0 Å². The molecule has 0 bridgehead atoms. The molecule has 0 aromatic carbocycles. The van der Waals surface area contributed by atoms with Gasteiger partial charge in [-0.2, -0.15) is 0 Å². The molecule has 0 atom stereocenters. The van der Waals surface area contributed by atoms with E-state index in [0.29, 0.717) is 0 Å². The first-order valence-electron chi connectivity index (χ1n) is 15.1. The first-order chi connectivity index (χ1) is 20.8. The number of halogens is 2. The summed E-state index contributed by atoms with van der Waals surface area (Å²) in [7, 11) is 40.1. The average molecular weight is 812 g/mol. The van der Waals surface area contributed by atoms with Crippen molar-refractivity contribution >= 4 is 58.1 Å². The normalized spacial score (nSPS) is 16.6. The average Bonchev–Trinajstić information content (AvgIpc) is 2.87. The SMILES string of the molecule is CN(C)P(=NP(Cl)(N=P(N(C)C)(N(C)C)N(C)C)(N=P(N(C)C)(N(C)C)N(C)C)NP(Cl)(N(C)C)(N(C)C)N(C)C)(N(C)C)N(C)C. The Morgan fingerprint density at radius 1 is 0.340 bits per heavy atom. The van der Waals surface area contributed by atoms with Crippen molar-refractivity contribution in [3.05, 3.63) is 0 Å². The van der Waals surface area contributed by atoms with Crippen LogP contribution in [0.3, 0.4) is 0 Å². The summed E-state index contributed by atoms with van der Waals surface area (Å²) in [5.74, 6) is 0. The fourth-order valence-corrected chi connectivity index (χ4v) is 38.6. The molecule has 0 unspecified atom stereocenters. The second-order valence-electron chi connectivity index (χ2n) is 13.9. The molecule has 0 aliphatic heterocycles. The van der Waals surface area contributed by atoms with Gasteiger partial charge in [0.1, 0.15) is 0 Å². The van der Waals surface area contributed by atoms with Crippen LogP contribution in [0.25, 0.3) is 0 Å². The van der Waals surface area contributed by atoms with Crippen molar-refractivity contribution in [2.75, 3.05) is 169 Å². The molecule has 0 saturated heterocycles. The van der Waals surface area contributed by atoms with E-state index in [-0.39, 0.29) is 0 Å². The molecule has 0 aromatic heterocycles. The predicted octanol–water partition coefficient (Wildman–Crippen LogP) is 5.89. The van der Waals surface area contributed by atoms with Gasteiger partial charge in [0.2, 0.25) is 0 Å². The maximum atomic E-state index is 8.78. The third kappa shape index (κ3) is 8.40. The molecule has 47 heavy (non-hydrogen) atoms. The molecule has 0 amide bonds. The topological polar surface area (TPSA) is 88.0 Å². The second-order valence-corrected chi connectivity index (χ2v) is 36.9. The number of hydrogen-bond donors (Lipinski definition) is 1. The van der Waals surface area contributed by atoms with Crippen molar-refractivity contribution in [2.45, 2.75) is 0 Å². The Morgan fingerprint density at radius 3 is 0.596 bits per heavy atom. The van der Waals surface area contributed by atoms with E-state index in [4.69, 9.17) is 36.0 Å². The molecule has 0 saturated carbocycles. The summed E-state index contributed by atoms with van der Waals surface area (Å²) in [6.45, 7) is -9.16. The van der Waals surface area contributed by atoms with Gasteiger partial charge in [-0.1, -0.05) is 0 Å². The Labute approximate surface area is 300 Å². The van der Waals surface area contributed by atoms with E-state index >= 15 is 0 Å². The van der Waals surface area contributed by atoms with Crippen LogP contribution in [0.2, 0.25) is 0 Å². The summed E-state index contributed by atoms with van der Waals surface area (Å²) in [5.41, 5.74) is 0. The van der Waals surface area contributed by atoms with Crippen LogP contribution in [0.5, 0.6) is 0 Å². The van der Waals surface area contributed by atoms with Gasteiger partial charge >= 0.3 is 302 Å². The molecule has 288 valence electrons. The molecule has 0 rings (SSSR count). The Kier molecular flexibility index (Phi) is 16.9. The summed E-state index contributed by atoms with van der Waals surface area (Å²) in [6, 6.07) is 0. The van der Waals surface area contributed by atoms with Gasteiger partial charge in [0.15, 0.2) is 0 Å². The molecule has 23 heteroatoms. The van der Waals surface area contributed by atoms with Crippen molar-refractivity contribution in [3.8, 4) is 0 Å². The van der Waals surface area contributed by atoms with Gasteiger partial charge in [-0.05, 0) is 0 Å². The minimum atomic E-state index is -5.04. The maximum absolute atomic E-state index is 8.78. The Hall–Kier alpha value is 1.61. The van der Waals surface area contributed by atoms with E-state index in [1.807, 2.05) is 183 Å². The number of nitrogens with zero attached hydrogens (tertiary/aromatic N) is 15. The third-order valence-corrected chi connectivity index (χ3v) is 37.4. The molecule has 0 aliphatic rings. The van der Waals surface area contributed by atoms with E-state index in [1.165, 1.54) is 0 Å². The van der Waals surface area contributed by atoms with Crippen LogP contribution < -0.4 is 4.86 Å². The third-order valence-electron chi connectivity index (χ3n) is 8.14. The van der Waals surface area contributed by atoms with Crippen LogP contribution >= 0.6 is 58.1 Å². The first-order valence-corrected chi connectivity index (χ1v) is 25.9. The van der Waals surface area contributed by atoms with Crippen molar-refractivity contribution in [3.63, 3.8) is 0 Å². The van der Waals surface area contributed by atoms with Gasteiger partial charge < -0.3 is 0 Å². The zero-order chi connectivity index (χ0) is 38.2. The first kappa shape index (κ1) is 48.6. The predicted molar refractivity (Wildman–Crippen MR) is 221 cm³/mol. The molecule has 0 radical (unpaired) electrons. The van der Waals surface area contributed by atoms with E-state index in [0.717, 1.165) is 0 Å². The van der Waals surface area contributed by atoms with Gasteiger partial charge in [0, 0.05) is 0 Å². The zero-order valence-electron chi connectivity index (χ0n) is 34.2. The Balaban J connectivity index is 10.4. The van der Waals surface area contributed by atoms with Crippen molar-refractivity contribution < 1.29 is 0 Å². The van der Waals surface area contributed by atoms with E-state index in [9.17, 15) is 0 Å². The van der Waals surface area contributed by atoms with Crippen LogP contribution in [0.1, 0.15) is 0 Å². The molecule has 1 N–H and O–H groups in total. The molecule has 0 spiro atoms. The van der Waals surface area contributed by atoms with Crippen LogP contribution in [0.15, 0.2) is 13.5 Å². The van der Waals surface area contributed by atoms with Crippen LogP contribution in [0, 0.1) is 0 Å². The van der Waals surface area contributed by atoms with Crippen molar-refractivity contribution in [1.82, 2.24) is 60.9 Å². The fraction of sp³-hybridized carbons (Fsp3) is 1.00. The van der Waals surface area contributed by atoms with E-state index < -0.39 is 35.6 Å². The van der Waals surface area contributed by atoms with Crippen molar-refractivity contribution in [1.29, 1.82) is 0 Å². The van der Waals surface area contributed by atoms with Crippen molar-refractivity contribution in [2.24, 2.45) is 13.5 Å². The van der Waals surface area contributed by atoms with Gasteiger partial charge in [0.05, 0.1) is 0 Å². The molecule has 16 nitrogen and oxygen atoms in total. The van der Waals surface area contributed by atoms with Crippen LogP contribution in [0.4, 0.5) is 0 Å². The van der Waals surface area contributed by atoms with Gasteiger partial charge in [-0.15, -0.1) is 0 Å². The summed E-state index contributed by atoms with van der Waals surface area (Å²) >= 11 is 17.0. The molecular formula is C24H73Cl2N16P5. The minimum absolute atomic E-state index is 1.97. The van der Waals surface area contributed by atoms with E-state index in [2.05, 4.69) is 46.9 Å². The van der Waals surface area contributed by atoms with E-state index in [1.54, 1.807) is 0 Å². The molecule has 0 aliphatic carbocycles. The summed E-state index contributed by atoms with van der Waals surface area (Å²) in [5, 5.41) is 0. The standard InChI is InChI=1S/C24H73Cl2N16P5/c1-31(2)43(32(3)4,33(5)6)27-46(25,28-44(34(7)8,35(9)10)36(11)12,29-45(37(13)14,38(15)16)39(17)18)30-47(26,40(19)20,41(21)22)42(23)24/h30H,1-24H3. The van der Waals surface area contributed by atoms with Gasteiger partial charge in [0.25, 0.3) is 0 Å². The Morgan fingerprint density at radius 2 is 0.489 bits per heavy atom. The number of hydrogen-bond acceptors (Lipinski definition) is 7. The number of nitrogens with one attached hydrogen (secondary N) is 1. The second kappa shape index (κ2) is 16.3. The summed E-state index contributed by atoms with van der Waals surface area (Å²) in [4.78, 5) is 4.00. The molecule has 0 fully saturated rings. The number of rotatable bonds is 17. The molecular weight excluding hydrogens is 738 g/mol.